The van der Waals surface area contributed by atoms with Gasteiger partial charge in [-0.3, -0.25) is 0 Å². The molecule has 0 spiro atoms. The van der Waals surface area contributed by atoms with E-state index in [0.29, 0.717) is 16.7 Å². The maximum atomic E-state index is 13.2. The second-order valence-electron chi connectivity index (χ2n) is 8.91. The number of hydrogen-bond acceptors (Lipinski definition) is 8. The van der Waals surface area contributed by atoms with Gasteiger partial charge in [0.25, 0.3) is 0 Å². The standard InChI is InChI=1S/C32H26O7S/c33-29(22-13-5-1-6-14-22)37-26-21-36-32(40-25-19-11-4-12-20-25)28(39-31(35)24-17-9-3-10-18-24)27(26)38-30(34)23-15-7-2-8-16-23/h1-20,26-28,32H,21H2/t26-,27+,28?,32+/m1/s1. The molecule has 1 fully saturated rings. The Morgan fingerprint density at radius 1 is 0.550 bits per heavy atom. The van der Waals surface area contributed by atoms with Crippen LogP contribution < -0.4 is 0 Å². The Morgan fingerprint density at radius 2 is 0.950 bits per heavy atom. The van der Waals surface area contributed by atoms with Crippen molar-refractivity contribution in [3.63, 3.8) is 0 Å². The topological polar surface area (TPSA) is 88.1 Å². The minimum Gasteiger partial charge on any atom is -0.452 e. The van der Waals surface area contributed by atoms with E-state index in [1.54, 1.807) is 91.0 Å². The van der Waals surface area contributed by atoms with Gasteiger partial charge in [0, 0.05) is 4.90 Å². The molecule has 0 amide bonds. The Morgan fingerprint density at radius 3 is 1.43 bits per heavy atom. The fourth-order valence-corrected chi connectivity index (χ4v) is 5.23. The molecule has 40 heavy (non-hydrogen) atoms. The lowest BCUT2D eigenvalue weighted by atomic mass is 10.0. The number of rotatable bonds is 8. The molecule has 7 nitrogen and oxygen atoms in total. The molecule has 0 aliphatic carbocycles. The number of carbonyl (C=O) groups is 3. The van der Waals surface area contributed by atoms with E-state index in [0.717, 1.165) is 4.90 Å². The summed E-state index contributed by atoms with van der Waals surface area (Å²) in [6.45, 7) is -0.0742. The van der Waals surface area contributed by atoms with Crippen molar-refractivity contribution >= 4 is 29.7 Å². The third-order valence-electron chi connectivity index (χ3n) is 6.15. The first-order valence-electron chi connectivity index (χ1n) is 12.7. The van der Waals surface area contributed by atoms with Crippen LogP contribution in [-0.4, -0.2) is 48.3 Å². The largest absolute Gasteiger partial charge is 0.452 e. The maximum absolute atomic E-state index is 13.2. The summed E-state index contributed by atoms with van der Waals surface area (Å²) < 4.78 is 23.8. The third-order valence-corrected chi connectivity index (χ3v) is 7.33. The van der Waals surface area contributed by atoms with Gasteiger partial charge in [0.2, 0.25) is 0 Å². The monoisotopic (exact) mass is 554 g/mol. The summed E-state index contributed by atoms with van der Waals surface area (Å²) >= 11 is 1.32. The van der Waals surface area contributed by atoms with Crippen molar-refractivity contribution in [1.29, 1.82) is 0 Å². The van der Waals surface area contributed by atoms with Crippen molar-refractivity contribution in [1.82, 2.24) is 0 Å². The molecule has 0 radical (unpaired) electrons. The van der Waals surface area contributed by atoms with E-state index in [9.17, 15) is 14.4 Å². The SMILES string of the molecule is O=C(OC1[C@@H](OC(=O)c2ccccc2)[C@H](OC(=O)c2ccccc2)CO[C@H]1Sc1ccccc1)c1ccccc1. The molecule has 1 unspecified atom stereocenters. The van der Waals surface area contributed by atoms with Gasteiger partial charge < -0.3 is 18.9 Å². The highest BCUT2D eigenvalue weighted by Crippen LogP contribution is 2.35. The van der Waals surface area contributed by atoms with E-state index < -0.39 is 41.7 Å². The van der Waals surface area contributed by atoms with E-state index in [1.807, 2.05) is 30.3 Å². The Balaban J connectivity index is 1.48. The summed E-state index contributed by atoms with van der Waals surface area (Å²) in [6.07, 6.45) is -3.29. The van der Waals surface area contributed by atoms with E-state index in [1.165, 1.54) is 11.8 Å². The Bertz CT molecular complexity index is 1420. The van der Waals surface area contributed by atoms with Gasteiger partial charge >= 0.3 is 17.9 Å². The van der Waals surface area contributed by atoms with Crippen LogP contribution in [0.25, 0.3) is 0 Å². The van der Waals surface area contributed by atoms with Crippen molar-refractivity contribution in [3.05, 3.63) is 138 Å². The molecule has 4 atom stereocenters. The quantitative estimate of drug-likeness (QED) is 0.199. The van der Waals surface area contributed by atoms with E-state index in [4.69, 9.17) is 18.9 Å². The zero-order chi connectivity index (χ0) is 27.7. The molecule has 0 bridgehead atoms. The summed E-state index contributed by atoms with van der Waals surface area (Å²) in [5, 5.41) is 0. The van der Waals surface area contributed by atoms with E-state index >= 15 is 0 Å². The van der Waals surface area contributed by atoms with Crippen molar-refractivity contribution in [2.75, 3.05) is 6.61 Å². The first kappa shape index (κ1) is 27.2. The van der Waals surface area contributed by atoms with Crippen LogP contribution in [0.4, 0.5) is 0 Å². The van der Waals surface area contributed by atoms with Crippen LogP contribution in [0.5, 0.6) is 0 Å². The smallest absolute Gasteiger partial charge is 0.338 e. The molecule has 1 aliphatic heterocycles. The van der Waals surface area contributed by atoms with Crippen LogP contribution in [0.3, 0.4) is 0 Å². The molecule has 5 rings (SSSR count). The van der Waals surface area contributed by atoms with Gasteiger partial charge in [-0.1, -0.05) is 84.6 Å². The number of thioether (sulfide) groups is 1. The van der Waals surface area contributed by atoms with Crippen molar-refractivity contribution in [3.8, 4) is 0 Å². The van der Waals surface area contributed by atoms with Gasteiger partial charge in [-0.25, -0.2) is 14.4 Å². The lowest BCUT2D eigenvalue weighted by Crippen LogP contribution is -2.56. The zero-order valence-corrected chi connectivity index (χ0v) is 22.1. The van der Waals surface area contributed by atoms with Gasteiger partial charge in [-0.05, 0) is 48.5 Å². The molecule has 1 aliphatic rings. The fourth-order valence-electron chi connectivity index (χ4n) is 4.16. The molecule has 1 heterocycles. The number of esters is 3. The predicted octanol–water partition coefficient (Wildman–Crippen LogP) is 5.81. The average Bonchev–Trinajstić information content (AvgIpc) is 3.01. The molecule has 0 saturated carbocycles. The molecule has 4 aromatic rings. The van der Waals surface area contributed by atoms with Crippen LogP contribution in [0, 0.1) is 0 Å². The van der Waals surface area contributed by atoms with Gasteiger partial charge in [-0.2, -0.15) is 0 Å². The van der Waals surface area contributed by atoms with E-state index in [-0.39, 0.29) is 6.61 Å². The fraction of sp³-hybridized carbons (Fsp3) is 0.156. The molecule has 0 aromatic heterocycles. The van der Waals surface area contributed by atoms with Crippen LogP contribution in [-0.2, 0) is 18.9 Å². The zero-order valence-electron chi connectivity index (χ0n) is 21.3. The summed E-state index contributed by atoms with van der Waals surface area (Å²) in [5.41, 5.74) is 0.203. The lowest BCUT2D eigenvalue weighted by Gasteiger charge is -2.40. The van der Waals surface area contributed by atoms with Gasteiger partial charge in [0.1, 0.15) is 5.44 Å². The minimum atomic E-state index is -1.15. The highest BCUT2D eigenvalue weighted by Gasteiger charge is 2.48. The lowest BCUT2D eigenvalue weighted by molar-refractivity contribution is -0.167. The summed E-state index contributed by atoms with van der Waals surface area (Å²) in [5.74, 6) is -1.88. The number of benzene rings is 4. The Labute approximate surface area is 236 Å². The summed E-state index contributed by atoms with van der Waals surface area (Å²) in [4.78, 5) is 40.3. The third kappa shape index (κ3) is 6.77. The molecule has 8 heteroatoms. The molecule has 4 aromatic carbocycles. The average molecular weight is 555 g/mol. The predicted molar refractivity (Wildman–Crippen MR) is 149 cm³/mol. The second kappa shape index (κ2) is 13.1. The first-order chi connectivity index (χ1) is 19.6. The minimum absolute atomic E-state index is 0.0742. The van der Waals surface area contributed by atoms with Crippen LogP contribution >= 0.6 is 11.8 Å². The summed E-state index contributed by atoms with van der Waals surface area (Å²) in [7, 11) is 0. The normalized spacial score (nSPS) is 20.2. The summed E-state index contributed by atoms with van der Waals surface area (Å²) in [6, 6.07) is 34.9. The highest BCUT2D eigenvalue weighted by atomic mass is 32.2. The number of hydrogen-bond donors (Lipinski definition) is 0. The van der Waals surface area contributed by atoms with Gasteiger partial charge in [-0.15, -0.1) is 0 Å². The Hall–Kier alpha value is -4.40. The van der Waals surface area contributed by atoms with Crippen LogP contribution in [0.15, 0.2) is 126 Å². The molecule has 202 valence electrons. The maximum Gasteiger partial charge on any atom is 0.338 e. The van der Waals surface area contributed by atoms with E-state index in [2.05, 4.69) is 0 Å². The van der Waals surface area contributed by atoms with Gasteiger partial charge in [0.15, 0.2) is 18.3 Å². The number of carbonyl (C=O) groups excluding carboxylic acids is 3. The Kier molecular flexibility index (Phi) is 8.90. The molecular weight excluding hydrogens is 528 g/mol. The van der Waals surface area contributed by atoms with Gasteiger partial charge in [0.05, 0.1) is 23.3 Å². The van der Waals surface area contributed by atoms with Crippen molar-refractivity contribution < 1.29 is 33.3 Å². The molecular formula is C32H26O7S. The first-order valence-corrected chi connectivity index (χ1v) is 13.6. The van der Waals surface area contributed by atoms with Crippen LogP contribution in [0.1, 0.15) is 31.1 Å². The second-order valence-corrected chi connectivity index (χ2v) is 10.1. The highest BCUT2D eigenvalue weighted by molar-refractivity contribution is 7.99. The van der Waals surface area contributed by atoms with Crippen LogP contribution in [0.2, 0.25) is 0 Å². The number of ether oxygens (including phenoxy) is 4. The van der Waals surface area contributed by atoms with Crippen molar-refractivity contribution in [2.45, 2.75) is 28.6 Å². The molecule has 1 saturated heterocycles. The van der Waals surface area contributed by atoms with Crippen molar-refractivity contribution in [2.24, 2.45) is 0 Å². The molecule has 0 N–H and O–H groups in total.